The molecule has 31 heavy (non-hydrogen) atoms. The predicted octanol–water partition coefficient (Wildman–Crippen LogP) is 4.75. The number of carbonyl (C=O) groups excluding carboxylic acids is 1. The number of hydrogen-bond acceptors (Lipinski definition) is 4. The lowest BCUT2D eigenvalue weighted by Crippen LogP contribution is -2.18. The lowest BCUT2D eigenvalue weighted by atomic mass is 10.1. The molecule has 0 radical (unpaired) electrons. The molecular formula is C20H14F4N2O4S. The van der Waals surface area contributed by atoms with E-state index in [-0.39, 0.29) is 27.6 Å². The first-order valence-electron chi connectivity index (χ1n) is 8.51. The van der Waals surface area contributed by atoms with E-state index in [0.29, 0.717) is 0 Å². The molecule has 3 aromatic carbocycles. The molecule has 0 aromatic heterocycles. The number of hydrogen-bond donors (Lipinski definition) is 2. The Kier molecular flexibility index (Phi) is 6.56. The van der Waals surface area contributed by atoms with Gasteiger partial charge in [0.15, 0.2) is 0 Å². The minimum Gasteiger partial charge on any atom is -0.456 e. The number of anilines is 1. The van der Waals surface area contributed by atoms with E-state index in [9.17, 15) is 26.6 Å². The molecule has 0 aliphatic rings. The minimum absolute atomic E-state index is 0.0835. The Bertz CT molecular complexity index is 1120. The van der Waals surface area contributed by atoms with Crippen molar-refractivity contribution in [1.82, 2.24) is 0 Å². The van der Waals surface area contributed by atoms with Crippen molar-refractivity contribution in [2.45, 2.75) is 11.3 Å². The Morgan fingerprint density at radius 3 is 2.29 bits per heavy atom. The van der Waals surface area contributed by atoms with E-state index < -0.39 is 34.8 Å². The summed E-state index contributed by atoms with van der Waals surface area (Å²) in [5.74, 6) is -2.06. The smallest absolute Gasteiger partial charge is 0.456 e. The molecule has 1 atom stereocenters. The van der Waals surface area contributed by atoms with Crippen molar-refractivity contribution in [2.75, 3.05) is 5.32 Å². The number of benzene rings is 3. The first-order valence-corrected chi connectivity index (χ1v) is 9.73. The highest BCUT2D eigenvalue weighted by Crippen LogP contribution is 2.33. The van der Waals surface area contributed by atoms with E-state index in [1.165, 1.54) is 36.4 Å². The topological polar surface area (TPSA) is 90.7 Å². The van der Waals surface area contributed by atoms with Crippen molar-refractivity contribution < 1.29 is 36.0 Å². The standard InChI is InChI=1S/C20H14F4N2O4S/c21-12-4-6-14(7-5-12)29-18-11-15(30-20(22,23)24)8-9-17(18)19(27)26-13-2-1-3-16(10-13)31(25)28/h1-11H,25H2,(H,26,27). The first kappa shape index (κ1) is 22.2. The Labute approximate surface area is 176 Å². The van der Waals surface area contributed by atoms with Gasteiger partial charge in [-0.3, -0.25) is 4.79 Å². The van der Waals surface area contributed by atoms with Crippen molar-refractivity contribution in [3.8, 4) is 17.2 Å². The average Bonchev–Trinajstić information content (AvgIpc) is 2.69. The summed E-state index contributed by atoms with van der Waals surface area (Å²) in [6.07, 6.45) is -4.95. The minimum atomic E-state index is -4.95. The van der Waals surface area contributed by atoms with Gasteiger partial charge in [0.05, 0.1) is 10.5 Å². The Hall–Kier alpha value is -3.44. The van der Waals surface area contributed by atoms with Gasteiger partial charge in [-0.1, -0.05) is 6.07 Å². The molecule has 3 N–H and O–H groups in total. The molecule has 3 rings (SSSR count). The molecule has 0 heterocycles. The third kappa shape index (κ3) is 6.27. The monoisotopic (exact) mass is 454 g/mol. The zero-order chi connectivity index (χ0) is 22.6. The van der Waals surface area contributed by atoms with Gasteiger partial charge in [-0.05, 0) is 54.6 Å². The summed E-state index contributed by atoms with van der Waals surface area (Å²) in [4.78, 5) is 13.0. The third-order valence-corrected chi connectivity index (χ3v) is 4.52. The van der Waals surface area contributed by atoms with Gasteiger partial charge in [0.2, 0.25) is 0 Å². The van der Waals surface area contributed by atoms with Crippen LogP contribution < -0.4 is 19.9 Å². The summed E-state index contributed by atoms with van der Waals surface area (Å²) in [6.45, 7) is 0. The van der Waals surface area contributed by atoms with Crippen molar-refractivity contribution in [3.63, 3.8) is 0 Å². The van der Waals surface area contributed by atoms with Crippen molar-refractivity contribution in [2.24, 2.45) is 5.14 Å². The maximum absolute atomic E-state index is 13.1. The molecule has 162 valence electrons. The summed E-state index contributed by atoms with van der Waals surface area (Å²) >= 11 is 0. The molecule has 0 spiro atoms. The van der Waals surface area contributed by atoms with E-state index in [1.54, 1.807) is 0 Å². The highest BCUT2D eigenvalue weighted by Gasteiger charge is 2.31. The Morgan fingerprint density at radius 1 is 0.968 bits per heavy atom. The van der Waals surface area contributed by atoms with Crippen LogP contribution in [0.3, 0.4) is 0 Å². The van der Waals surface area contributed by atoms with E-state index in [4.69, 9.17) is 9.88 Å². The summed E-state index contributed by atoms with van der Waals surface area (Å²) in [7, 11) is -1.77. The summed E-state index contributed by atoms with van der Waals surface area (Å²) in [6, 6.07) is 13.5. The Morgan fingerprint density at radius 2 is 1.65 bits per heavy atom. The second-order valence-corrected chi connectivity index (χ2v) is 7.11. The summed E-state index contributed by atoms with van der Waals surface area (Å²) in [5, 5.41) is 7.84. The predicted molar refractivity (Wildman–Crippen MR) is 105 cm³/mol. The maximum atomic E-state index is 13.1. The number of alkyl halides is 3. The van der Waals surface area contributed by atoms with Crippen LogP contribution in [-0.2, 0) is 11.0 Å². The number of nitrogens with one attached hydrogen (secondary N) is 1. The highest BCUT2D eigenvalue weighted by atomic mass is 32.2. The number of amides is 1. The number of rotatable bonds is 6. The van der Waals surface area contributed by atoms with Crippen LogP contribution in [0.2, 0.25) is 0 Å². The quantitative estimate of drug-likeness (QED) is 0.526. The van der Waals surface area contributed by atoms with Gasteiger partial charge >= 0.3 is 6.36 Å². The van der Waals surface area contributed by atoms with Crippen molar-refractivity contribution in [3.05, 3.63) is 78.1 Å². The van der Waals surface area contributed by atoms with Crippen LogP contribution in [0.25, 0.3) is 0 Å². The van der Waals surface area contributed by atoms with Crippen molar-refractivity contribution in [1.29, 1.82) is 0 Å². The van der Waals surface area contributed by atoms with Gasteiger partial charge in [-0.2, -0.15) is 0 Å². The van der Waals surface area contributed by atoms with Crippen LogP contribution >= 0.6 is 0 Å². The number of ether oxygens (including phenoxy) is 2. The number of halogens is 4. The normalized spacial score (nSPS) is 12.2. The molecule has 11 heteroatoms. The fraction of sp³-hybridized carbons (Fsp3) is 0.0500. The first-order chi connectivity index (χ1) is 14.6. The van der Waals surface area contributed by atoms with Crippen LogP contribution in [0.1, 0.15) is 10.4 Å². The van der Waals surface area contributed by atoms with E-state index in [1.807, 2.05) is 0 Å². The van der Waals surface area contributed by atoms with Crippen LogP contribution in [0.4, 0.5) is 23.2 Å². The second-order valence-electron chi connectivity index (χ2n) is 6.04. The zero-order valence-corrected chi connectivity index (χ0v) is 16.3. The molecular weight excluding hydrogens is 440 g/mol. The highest BCUT2D eigenvalue weighted by molar-refractivity contribution is 7.82. The molecule has 1 unspecified atom stereocenters. The van der Waals surface area contributed by atoms with Gasteiger partial charge < -0.3 is 14.8 Å². The van der Waals surface area contributed by atoms with E-state index in [0.717, 1.165) is 30.3 Å². The van der Waals surface area contributed by atoms with E-state index in [2.05, 4.69) is 10.1 Å². The number of carbonyl (C=O) groups is 1. The van der Waals surface area contributed by atoms with Crippen LogP contribution in [0, 0.1) is 5.82 Å². The fourth-order valence-electron chi connectivity index (χ4n) is 2.50. The van der Waals surface area contributed by atoms with Gasteiger partial charge in [0, 0.05) is 11.8 Å². The molecule has 0 saturated carbocycles. The Balaban J connectivity index is 1.93. The lowest BCUT2D eigenvalue weighted by molar-refractivity contribution is -0.274. The van der Waals surface area contributed by atoms with Crippen LogP contribution in [0.5, 0.6) is 17.2 Å². The van der Waals surface area contributed by atoms with Gasteiger partial charge in [-0.25, -0.2) is 13.7 Å². The van der Waals surface area contributed by atoms with E-state index >= 15 is 0 Å². The lowest BCUT2D eigenvalue weighted by Gasteiger charge is -2.15. The molecule has 3 aromatic rings. The van der Waals surface area contributed by atoms with Gasteiger partial charge in [-0.15, -0.1) is 13.2 Å². The largest absolute Gasteiger partial charge is 0.573 e. The van der Waals surface area contributed by atoms with Crippen LogP contribution in [0.15, 0.2) is 71.6 Å². The molecule has 6 nitrogen and oxygen atoms in total. The maximum Gasteiger partial charge on any atom is 0.573 e. The van der Waals surface area contributed by atoms with Crippen molar-refractivity contribution >= 4 is 22.6 Å². The molecule has 1 amide bonds. The number of nitrogens with two attached hydrogens (primary N) is 1. The molecule has 0 aliphatic carbocycles. The van der Waals surface area contributed by atoms with Crippen LogP contribution in [-0.4, -0.2) is 16.5 Å². The molecule has 0 bridgehead atoms. The summed E-state index contributed by atoms with van der Waals surface area (Å²) in [5.41, 5.74) is 0.128. The molecule has 0 saturated heterocycles. The van der Waals surface area contributed by atoms with Gasteiger partial charge in [0.25, 0.3) is 5.91 Å². The second kappa shape index (κ2) is 9.14. The zero-order valence-electron chi connectivity index (χ0n) is 15.5. The molecule has 0 aliphatic heterocycles. The van der Waals surface area contributed by atoms with Gasteiger partial charge in [0.1, 0.15) is 34.1 Å². The summed E-state index contributed by atoms with van der Waals surface area (Å²) < 4.78 is 71.6. The third-order valence-electron chi connectivity index (χ3n) is 3.80. The molecule has 0 fully saturated rings. The fourth-order valence-corrected chi connectivity index (χ4v) is 2.95. The average molecular weight is 454 g/mol. The SMILES string of the molecule is NS(=O)c1cccc(NC(=O)c2ccc(OC(F)(F)F)cc2Oc2ccc(F)cc2)c1.